The van der Waals surface area contributed by atoms with Gasteiger partial charge >= 0.3 is 0 Å². The van der Waals surface area contributed by atoms with Crippen molar-refractivity contribution in [1.82, 2.24) is 19.8 Å². The molecule has 6 heteroatoms. The van der Waals surface area contributed by atoms with Gasteiger partial charge in [-0.25, -0.2) is 4.98 Å². The second kappa shape index (κ2) is 7.91. The SMILES string of the molecule is C=C(C1CCC1)N1CCc2ccc(-c3cc(N4CCN(C)CC4)nc(N)n3)cc2C1. The second-order valence-electron chi connectivity index (χ2n) is 9.03. The number of rotatable bonds is 4. The number of allylic oxidation sites excluding steroid dienone is 1. The number of piperazine rings is 1. The Hall–Kier alpha value is -2.60. The Bertz CT molecular complexity index is 943. The van der Waals surface area contributed by atoms with Crippen LogP contribution in [-0.2, 0) is 13.0 Å². The van der Waals surface area contributed by atoms with Crippen molar-refractivity contribution in [2.75, 3.05) is 50.4 Å². The van der Waals surface area contributed by atoms with E-state index < -0.39 is 0 Å². The average Bonchev–Trinajstić information content (AvgIpc) is 2.71. The van der Waals surface area contributed by atoms with Crippen molar-refractivity contribution >= 4 is 11.8 Å². The van der Waals surface area contributed by atoms with Crippen LogP contribution in [0.4, 0.5) is 11.8 Å². The molecule has 2 N–H and O–H groups in total. The van der Waals surface area contributed by atoms with E-state index >= 15 is 0 Å². The first-order valence-electron chi connectivity index (χ1n) is 11.2. The summed E-state index contributed by atoms with van der Waals surface area (Å²) in [5.74, 6) is 1.98. The number of hydrogen-bond acceptors (Lipinski definition) is 6. The van der Waals surface area contributed by atoms with Gasteiger partial charge in [-0.3, -0.25) is 0 Å². The van der Waals surface area contributed by atoms with Crippen LogP contribution in [0.3, 0.4) is 0 Å². The van der Waals surface area contributed by atoms with Crippen LogP contribution < -0.4 is 10.6 Å². The molecule has 0 unspecified atom stereocenters. The van der Waals surface area contributed by atoms with Gasteiger partial charge in [-0.15, -0.1) is 0 Å². The number of fused-ring (bicyclic) bond motifs is 1. The zero-order valence-electron chi connectivity index (χ0n) is 18.0. The fourth-order valence-corrected chi connectivity index (χ4v) is 4.76. The van der Waals surface area contributed by atoms with Crippen molar-refractivity contribution in [3.63, 3.8) is 0 Å². The lowest BCUT2D eigenvalue weighted by molar-refractivity contribution is 0.234. The van der Waals surface area contributed by atoms with Gasteiger partial charge in [0.25, 0.3) is 0 Å². The van der Waals surface area contributed by atoms with Gasteiger partial charge in [-0.05, 0) is 49.4 Å². The van der Waals surface area contributed by atoms with Gasteiger partial charge in [0.2, 0.25) is 5.95 Å². The molecule has 0 spiro atoms. The fraction of sp³-hybridized carbons (Fsp3) is 0.500. The van der Waals surface area contributed by atoms with E-state index in [1.807, 2.05) is 0 Å². The summed E-state index contributed by atoms with van der Waals surface area (Å²) >= 11 is 0. The van der Waals surface area contributed by atoms with Crippen LogP contribution in [-0.4, -0.2) is 59.5 Å². The molecule has 1 aliphatic carbocycles. The lowest BCUT2D eigenvalue weighted by atomic mass is 9.82. The van der Waals surface area contributed by atoms with Gasteiger partial charge in [-0.2, -0.15) is 4.98 Å². The fourth-order valence-electron chi connectivity index (χ4n) is 4.76. The standard InChI is InChI=1S/C24H32N6/c1-17(18-4-3-5-18)30-9-8-19-6-7-20(14-21(19)16-30)22-15-23(27-24(25)26-22)29-12-10-28(2)11-13-29/h6-7,14-15,18H,1,3-5,8-13,16H2,2H3,(H2,25,26,27). The summed E-state index contributed by atoms with van der Waals surface area (Å²) in [6, 6.07) is 8.84. The van der Waals surface area contributed by atoms with Crippen molar-refractivity contribution < 1.29 is 0 Å². The molecule has 0 radical (unpaired) electrons. The molecule has 2 aliphatic heterocycles. The number of nitrogens with zero attached hydrogens (tertiary/aromatic N) is 5. The Morgan fingerprint density at radius 1 is 1.03 bits per heavy atom. The number of nitrogen functional groups attached to an aromatic ring is 1. The van der Waals surface area contributed by atoms with E-state index in [0.29, 0.717) is 11.9 Å². The highest BCUT2D eigenvalue weighted by molar-refractivity contribution is 5.66. The molecule has 1 saturated carbocycles. The quantitative estimate of drug-likeness (QED) is 0.845. The van der Waals surface area contributed by atoms with Crippen LogP contribution in [0.15, 0.2) is 36.5 Å². The van der Waals surface area contributed by atoms with Crippen molar-refractivity contribution in [3.05, 3.63) is 47.7 Å². The molecule has 158 valence electrons. The molecular formula is C24H32N6. The summed E-state index contributed by atoms with van der Waals surface area (Å²) in [4.78, 5) is 16.2. The summed E-state index contributed by atoms with van der Waals surface area (Å²) in [5, 5.41) is 0. The Kier molecular flexibility index (Phi) is 5.11. The van der Waals surface area contributed by atoms with E-state index in [4.69, 9.17) is 5.73 Å². The molecule has 0 bridgehead atoms. The minimum atomic E-state index is 0.346. The predicted molar refractivity (Wildman–Crippen MR) is 122 cm³/mol. The van der Waals surface area contributed by atoms with E-state index in [1.54, 1.807) is 0 Å². The lowest BCUT2D eigenvalue weighted by Gasteiger charge is -2.39. The number of nitrogens with two attached hydrogens (primary N) is 1. The second-order valence-corrected chi connectivity index (χ2v) is 9.03. The maximum absolute atomic E-state index is 6.11. The minimum absolute atomic E-state index is 0.346. The highest BCUT2D eigenvalue weighted by atomic mass is 15.3. The van der Waals surface area contributed by atoms with Crippen LogP contribution in [0.5, 0.6) is 0 Å². The van der Waals surface area contributed by atoms with Gasteiger partial charge in [0.1, 0.15) is 5.82 Å². The summed E-state index contributed by atoms with van der Waals surface area (Å²) in [7, 11) is 2.16. The van der Waals surface area contributed by atoms with Crippen molar-refractivity contribution in [2.45, 2.75) is 32.2 Å². The first-order valence-corrected chi connectivity index (χ1v) is 11.2. The largest absolute Gasteiger partial charge is 0.370 e. The van der Waals surface area contributed by atoms with E-state index in [2.05, 4.69) is 62.6 Å². The Morgan fingerprint density at radius 2 is 1.83 bits per heavy atom. The predicted octanol–water partition coefficient (Wildman–Crippen LogP) is 3.15. The molecule has 0 atom stereocenters. The topological polar surface area (TPSA) is 61.5 Å². The average molecular weight is 405 g/mol. The molecule has 1 aromatic carbocycles. The highest BCUT2D eigenvalue weighted by Crippen LogP contribution is 2.36. The molecule has 3 heterocycles. The van der Waals surface area contributed by atoms with E-state index in [-0.39, 0.29) is 0 Å². The molecule has 6 nitrogen and oxygen atoms in total. The van der Waals surface area contributed by atoms with E-state index in [9.17, 15) is 0 Å². The molecule has 0 amide bonds. The molecule has 3 aliphatic rings. The van der Waals surface area contributed by atoms with Crippen molar-refractivity contribution in [3.8, 4) is 11.3 Å². The number of anilines is 2. The molecule has 30 heavy (non-hydrogen) atoms. The maximum Gasteiger partial charge on any atom is 0.222 e. The van der Waals surface area contributed by atoms with Crippen LogP contribution in [0, 0.1) is 5.92 Å². The van der Waals surface area contributed by atoms with Crippen molar-refractivity contribution in [1.29, 1.82) is 0 Å². The minimum Gasteiger partial charge on any atom is -0.370 e. The number of hydrogen-bond donors (Lipinski definition) is 1. The van der Waals surface area contributed by atoms with Gasteiger partial charge < -0.3 is 20.4 Å². The summed E-state index contributed by atoms with van der Waals surface area (Å²) in [6.45, 7) is 10.5. The number of aromatic nitrogens is 2. The monoisotopic (exact) mass is 404 g/mol. The molecule has 2 aromatic rings. The molecular weight excluding hydrogens is 372 g/mol. The Labute approximate surface area is 179 Å². The Morgan fingerprint density at radius 3 is 2.57 bits per heavy atom. The first-order chi connectivity index (χ1) is 14.6. The van der Waals surface area contributed by atoms with Crippen LogP contribution in [0.25, 0.3) is 11.3 Å². The molecule has 1 aromatic heterocycles. The number of benzene rings is 1. The third kappa shape index (κ3) is 3.76. The maximum atomic E-state index is 6.11. The van der Waals surface area contributed by atoms with Crippen LogP contribution in [0.1, 0.15) is 30.4 Å². The zero-order chi connectivity index (χ0) is 20.7. The summed E-state index contributed by atoms with van der Waals surface area (Å²) in [6.07, 6.45) is 5.04. The van der Waals surface area contributed by atoms with Gasteiger partial charge in [0, 0.05) is 56.6 Å². The van der Waals surface area contributed by atoms with Crippen LogP contribution >= 0.6 is 0 Å². The summed E-state index contributed by atoms with van der Waals surface area (Å²) in [5.41, 5.74) is 12.3. The van der Waals surface area contributed by atoms with Crippen LogP contribution in [0.2, 0.25) is 0 Å². The Balaban J connectivity index is 1.39. The normalized spacial score (nSPS) is 20.0. The first kappa shape index (κ1) is 19.4. The molecule has 5 rings (SSSR count). The van der Waals surface area contributed by atoms with E-state index in [1.165, 1.54) is 36.1 Å². The van der Waals surface area contributed by atoms with Gasteiger partial charge in [0.15, 0.2) is 0 Å². The third-order valence-electron chi connectivity index (χ3n) is 7.05. The molecule has 2 fully saturated rings. The number of likely N-dealkylation sites (N-methyl/N-ethyl adjacent to an activating group) is 1. The van der Waals surface area contributed by atoms with Crippen molar-refractivity contribution in [2.24, 2.45) is 5.92 Å². The summed E-state index contributed by atoms with van der Waals surface area (Å²) < 4.78 is 0. The van der Waals surface area contributed by atoms with E-state index in [0.717, 1.165) is 62.8 Å². The highest BCUT2D eigenvalue weighted by Gasteiger charge is 2.27. The third-order valence-corrected chi connectivity index (χ3v) is 7.05. The smallest absolute Gasteiger partial charge is 0.222 e. The van der Waals surface area contributed by atoms with Gasteiger partial charge in [-0.1, -0.05) is 25.1 Å². The lowest BCUT2D eigenvalue weighted by Crippen LogP contribution is -2.44. The zero-order valence-corrected chi connectivity index (χ0v) is 18.0. The molecule has 1 saturated heterocycles. The van der Waals surface area contributed by atoms with Gasteiger partial charge in [0.05, 0.1) is 5.69 Å².